The molecule has 1 aromatic carbocycles. The van der Waals surface area contributed by atoms with Crippen LogP contribution in [0.2, 0.25) is 0 Å². The lowest BCUT2D eigenvalue weighted by molar-refractivity contribution is -0.139. The lowest BCUT2D eigenvalue weighted by Gasteiger charge is -2.27. The Labute approximate surface area is 190 Å². The number of amides is 2. The fourth-order valence-electron chi connectivity index (χ4n) is 3.46. The molecule has 9 heteroatoms. The Morgan fingerprint density at radius 1 is 1.28 bits per heavy atom. The van der Waals surface area contributed by atoms with Gasteiger partial charge in [-0.25, -0.2) is 14.6 Å². The number of urea groups is 1. The van der Waals surface area contributed by atoms with E-state index in [4.69, 9.17) is 9.15 Å². The van der Waals surface area contributed by atoms with Gasteiger partial charge in [-0.1, -0.05) is 17.8 Å². The van der Waals surface area contributed by atoms with Gasteiger partial charge in [0, 0.05) is 29.5 Å². The molecular formula is C23H24N4O4S. The predicted molar refractivity (Wildman–Crippen MR) is 121 cm³/mol. The van der Waals surface area contributed by atoms with Gasteiger partial charge in [-0.15, -0.1) is 0 Å². The first-order chi connectivity index (χ1) is 15.5. The molecule has 3 aromatic rings. The summed E-state index contributed by atoms with van der Waals surface area (Å²) in [6, 6.07) is 8.50. The molecule has 2 N–H and O–H groups in total. The molecule has 166 valence electrons. The maximum Gasteiger partial charge on any atom is 0.338 e. The first-order valence-corrected chi connectivity index (χ1v) is 11.2. The summed E-state index contributed by atoms with van der Waals surface area (Å²) < 4.78 is 12.7. The molecule has 0 saturated heterocycles. The highest BCUT2D eigenvalue weighted by atomic mass is 32.2. The molecule has 2 amide bonds. The Morgan fingerprint density at radius 2 is 2.12 bits per heavy atom. The van der Waals surface area contributed by atoms with Gasteiger partial charge in [-0.2, -0.15) is 0 Å². The van der Waals surface area contributed by atoms with Gasteiger partial charge in [0.1, 0.15) is 11.8 Å². The Bertz CT molecular complexity index is 1170. The smallest absolute Gasteiger partial charge is 0.338 e. The van der Waals surface area contributed by atoms with Crippen LogP contribution in [0.1, 0.15) is 29.9 Å². The summed E-state index contributed by atoms with van der Waals surface area (Å²) in [6.45, 7) is 6.10. The average Bonchev–Trinajstić information content (AvgIpc) is 3.46. The van der Waals surface area contributed by atoms with E-state index in [1.165, 1.54) is 29.2 Å². The largest absolute Gasteiger partial charge is 0.467 e. The fourth-order valence-corrected chi connectivity index (χ4v) is 4.40. The van der Waals surface area contributed by atoms with Crippen molar-refractivity contribution >= 4 is 23.8 Å². The van der Waals surface area contributed by atoms with Crippen molar-refractivity contribution < 1.29 is 18.7 Å². The zero-order chi connectivity index (χ0) is 22.7. The number of rotatable bonds is 7. The molecule has 4 rings (SSSR count). The number of hydrogen-bond acceptors (Lipinski definition) is 6. The topological polar surface area (TPSA) is 98.4 Å². The summed E-state index contributed by atoms with van der Waals surface area (Å²) in [5.41, 5.74) is 4.18. The Morgan fingerprint density at radius 3 is 2.84 bits per heavy atom. The summed E-state index contributed by atoms with van der Waals surface area (Å²) in [7, 11) is 0. The summed E-state index contributed by atoms with van der Waals surface area (Å²) in [6.07, 6.45) is 5.12. The molecule has 1 atom stereocenters. The lowest BCUT2D eigenvalue weighted by Crippen LogP contribution is -2.46. The second kappa shape index (κ2) is 9.35. The first kappa shape index (κ1) is 21.8. The molecule has 0 radical (unpaired) electrons. The molecule has 2 aromatic heterocycles. The minimum Gasteiger partial charge on any atom is -0.467 e. The Balaban J connectivity index is 1.65. The van der Waals surface area contributed by atoms with Gasteiger partial charge in [0.05, 0.1) is 18.4 Å². The SMILES string of the molecule is CCOC(=O)C1=C(CSc2nccn2-c2ccc(C)c(C)c2)NC(=O)NC1c1ccco1. The van der Waals surface area contributed by atoms with Crippen LogP contribution < -0.4 is 10.6 Å². The van der Waals surface area contributed by atoms with Crippen LogP contribution in [0.3, 0.4) is 0 Å². The van der Waals surface area contributed by atoms with Gasteiger partial charge in [0.15, 0.2) is 5.16 Å². The molecule has 8 nitrogen and oxygen atoms in total. The molecular weight excluding hydrogens is 428 g/mol. The molecule has 1 aliphatic heterocycles. The van der Waals surface area contributed by atoms with Crippen molar-refractivity contribution in [1.82, 2.24) is 20.2 Å². The predicted octanol–water partition coefficient (Wildman–Crippen LogP) is 4.05. The van der Waals surface area contributed by atoms with Crippen LogP contribution in [0.5, 0.6) is 0 Å². The first-order valence-electron chi connectivity index (χ1n) is 10.2. The molecule has 0 bridgehead atoms. The zero-order valence-electron chi connectivity index (χ0n) is 18.0. The molecule has 0 saturated carbocycles. The highest BCUT2D eigenvalue weighted by Gasteiger charge is 2.35. The molecule has 0 aliphatic carbocycles. The molecule has 1 unspecified atom stereocenters. The number of thioether (sulfide) groups is 1. The van der Waals surface area contributed by atoms with E-state index in [0.717, 1.165) is 10.8 Å². The number of benzene rings is 1. The van der Waals surface area contributed by atoms with E-state index >= 15 is 0 Å². The van der Waals surface area contributed by atoms with Gasteiger partial charge in [0.2, 0.25) is 0 Å². The van der Waals surface area contributed by atoms with Crippen molar-refractivity contribution in [2.24, 2.45) is 0 Å². The Hall–Kier alpha value is -3.46. The summed E-state index contributed by atoms with van der Waals surface area (Å²) >= 11 is 1.42. The molecule has 0 spiro atoms. The highest BCUT2D eigenvalue weighted by Crippen LogP contribution is 2.31. The summed E-state index contributed by atoms with van der Waals surface area (Å²) in [5.74, 6) is 0.275. The van der Waals surface area contributed by atoms with E-state index in [0.29, 0.717) is 22.8 Å². The van der Waals surface area contributed by atoms with Crippen LogP contribution in [0, 0.1) is 13.8 Å². The van der Waals surface area contributed by atoms with E-state index < -0.39 is 18.0 Å². The minimum absolute atomic E-state index is 0.221. The summed E-state index contributed by atoms with van der Waals surface area (Å²) in [5, 5.41) is 6.25. The second-order valence-corrected chi connectivity index (χ2v) is 8.24. The van der Waals surface area contributed by atoms with Gasteiger partial charge in [-0.3, -0.25) is 4.57 Å². The van der Waals surface area contributed by atoms with Crippen molar-refractivity contribution in [3.63, 3.8) is 0 Å². The van der Waals surface area contributed by atoms with Crippen molar-refractivity contribution in [2.45, 2.75) is 32.0 Å². The van der Waals surface area contributed by atoms with Crippen molar-refractivity contribution in [3.05, 3.63) is 77.1 Å². The molecule has 32 heavy (non-hydrogen) atoms. The van der Waals surface area contributed by atoms with Crippen molar-refractivity contribution in [1.29, 1.82) is 0 Å². The van der Waals surface area contributed by atoms with Crippen LogP contribution in [0.15, 0.2) is 69.8 Å². The third kappa shape index (κ3) is 4.43. The number of aromatic nitrogens is 2. The van der Waals surface area contributed by atoms with E-state index in [9.17, 15) is 9.59 Å². The van der Waals surface area contributed by atoms with E-state index in [1.807, 2.05) is 16.8 Å². The number of carbonyl (C=O) groups is 2. The standard InChI is InChI=1S/C23H24N4O4S/c1-4-30-21(28)19-17(25-22(29)26-20(19)18-6-5-11-31-18)13-32-23-24-9-10-27(23)16-8-7-14(2)15(3)12-16/h5-12,20H,4,13H2,1-3H3,(H2,25,26,29). The van der Waals surface area contributed by atoms with Crippen LogP contribution in [0.25, 0.3) is 5.69 Å². The number of hydrogen-bond donors (Lipinski definition) is 2. The van der Waals surface area contributed by atoms with Crippen LogP contribution in [-0.2, 0) is 9.53 Å². The molecule has 3 heterocycles. The molecule has 1 aliphatic rings. The number of furan rings is 1. The lowest BCUT2D eigenvalue weighted by atomic mass is 10.0. The van der Waals surface area contributed by atoms with E-state index in [-0.39, 0.29) is 6.61 Å². The second-order valence-electron chi connectivity index (χ2n) is 7.30. The maximum atomic E-state index is 12.8. The fraction of sp³-hybridized carbons (Fsp3) is 0.261. The van der Waals surface area contributed by atoms with Gasteiger partial charge < -0.3 is 19.8 Å². The van der Waals surface area contributed by atoms with Gasteiger partial charge in [-0.05, 0) is 56.2 Å². The van der Waals surface area contributed by atoms with Gasteiger partial charge >= 0.3 is 12.0 Å². The van der Waals surface area contributed by atoms with E-state index in [1.54, 1.807) is 25.3 Å². The summed E-state index contributed by atoms with van der Waals surface area (Å²) in [4.78, 5) is 29.6. The number of aryl methyl sites for hydroxylation is 2. The number of ether oxygens (including phenoxy) is 1. The number of esters is 1. The van der Waals surface area contributed by atoms with Gasteiger partial charge in [0.25, 0.3) is 0 Å². The number of nitrogens with one attached hydrogen (secondary N) is 2. The third-order valence-corrected chi connectivity index (χ3v) is 6.19. The van der Waals surface area contributed by atoms with Crippen molar-refractivity contribution in [3.8, 4) is 5.69 Å². The molecule has 0 fully saturated rings. The highest BCUT2D eigenvalue weighted by molar-refractivity contribution is 7.99. The van der Waals surface area contributed by atoms with E-state index in [2.05, 4.69) is 41.6 Å². The number of carbonyl (C=O) groups excluding carboxylic acids is 2. The zero-order valence-corrected chi connectivity index (χ0v) is 18.9. The van der Waals surface area contributed by atoms with Crippen LogP contribution in [-0.4, -0.2) is 33.9 Å². The third-order valence-electron chi connectivity index (χ3n) is 5.20. The number of nitrogens with zero attached hydrogens (tertiary/aromatic N) is 2. The minimum atomic E-state index is -0.729. The quantitative estimate of drug-likeness (QED) is 0.415. The van der Waals surface area contributed by atoms with Crippen molar-refractivity contribution in [2.75, 3.05) is 12.4 Å². The number of imidazole rings is 1. The Kier molecular flexibility index (Phi) is 6.36. The average molecular weight is 453 g/mol. The monoisotopic (exact) mass is 452 g/mol. The van der Waals surface area contributed by atoms with Crippen LogP contribution in [0.4, 0.5) is 4.79 Å². The van der Waals surface area contributed by atoms with Crippen LogP contribution >= 0.6 is 11.8 Å². The maximum absolute atomic E-state index is 12.8. The normalized spacial score (nSPS) is 16.0.